The molecule has 1 aliphatic heterocycles. The van der Waals surface area contributed by atoms with Crippen LogP contribution in [-0.4, -0.2) is 41.3 Å². The van der Waals surface area contributed by atoms with Gasteiger partial charge in [0.1, 0.15) is 17.3 Å². The van der Waals surface area contributed by atoms with Crippen LogP contribution < -0.4 is 9.47 Å². The number of fused-ring (bicyclic) bond motifs is 1. The number of aryl methyl sites for hydroxylation is 1. The molecule has 0 amide bonds. The van der Waals surface area contributed by atoms with Crippen molar-refractivity contribution in [3.63, 3.8) is 0 Å². The molecule has 3 aromatic rings. The molecule has 0 atom stereocenters. The molecular weight excluding hydrogens is 350 g/mol. The molecule has 2 aromatic carbocycles. The monoisotopic (exact) mass is 379 g/mol. The van der Waals surface area contributed by atoms with Gasteiger partial charge in [-0.15, -0.1) is 0 Å². The number of methoxy groups -OCH3 is 1. The van der Waals surface area contributed by atoms with Gasteiger partial charge in [0.2, 0.25) is 0 Å². The van der Waals surface area contributed by atoms with Gasteiger partial charge < -0.3 is 14.0 Å². The third-order valence-corrected chi connectivity index (χ3v) is 5.40. The van der Waals surface area contributed by atoms with Gasteiger partial charge in [0.05, 0.1) is 31.3 Å². The van der Waals surface area contributed by atoms with Crippen molar-refractivity contribution in [1.82, 2.24) is 14.5 Å². The predicted molar refractivity (Wildman–Crippen MR) is 112 cm³/mol. The maximum absolute atomic E-state index is 5.91. The number of nitrogens with zero attached hydrogens (tertiary/aromatic N) is 3. The first-order valence-electron chi connectivity index (χ1n) is 10.3. The second-order valence-corrected chi connectivity index (χ2v) is 7.38. The summed E-state index contributed by atoms with van der Waals surface area (Å²) in [5, 5.41) is 0. The Balaban J connectivity index is 1.40. The number of likely N-dealkylation sites (tertiary alicyclic amines) is 1. The van der Waals surface area contributed by atoms with Gasteiger partial charge in [0, 0.05) is 6.54 Å². The Morgan fingerprint density at radius 1 is 0.929 bits per heavy atom. The molecule has 1 saturated heterocycles. The van der Waals surface area contributed by atoms with Crippen molar-refractivity contribution in [3.8, 4) is 11.5 Å². The van der Waals surface area contributed by atoms with Crippen LogP contribution in [-0.2, 0) is 13.1 Å². The number of rotatable bonds is 8. The molecule has 0 aliphatic carbocycles. The van der Waals surface area contributed by atoms with Gasteiger partial charge in [-0.25, -0.2) is 4.98 Å². The zero-order valence-electron chi connectivity index (χ0n) is 16.6. The number of hydrogen-bond donors (Lipinski definition) is 0. The van der Waals surface area contributed by atoms with Crippen LogP contribution >= 0.6 is 0 Å². The second kappa shape index (κ2) is 9.11. The molecule has 5 heteroatoms. The van der Waals surface area contributed by atoms with Crippen LogP contribution in [0.2, 0.25) is 0 Å². The summed E-state index contributed by atoms with van der Waals surface area (Å²) in [6, 6.07) is 16.2. The number of aromatic nitrogens is 2. The van der Waals surface area contributed by atoms with Crippen LogP contribution in [0.1, 0.15) is 31.5 Å². The molecule has 0 bridgehead atoms. The molecule has 1 aromatic heterocycles. The Kier molecular flexibility index (Phi) is 6.12. The van der Waals surface area contributed by atoms with Gasteiger partial charge >= 0.3 is 0 Å². The Hall–Kier alpha value is -2.53. The van der Waals surface area contributed by atoms with Crippen molar-refractivity contribution in [2.75, 3.05) is 26.8 Å². The maximum atomic E-state index is 5.91. The summed E-state index contributed by atoms with van der Waals surface area (Å²) in [7, 11) is 1.67. The van der Waals surface area contributed by atoms with Crippen LogP contribution in [0.3, 0.4) is 0 Å². The van der Waals surface area contributed by atoms with Gasteiger partial charge in [-0.05, 0) is 68.8 Å². The van der Waals surface area contributed by atoms with E-state index in [1.54, 1.807) is 7.11 Å². The van der Waals surface area contributed by atoms with Crippen LogP contribution in [0.4, 0.5) is 0 Å². The van der Waals surface area contributed by atoms with Gasteiger partial charge in [-0.2, -0.15) is 0 Å². The molecule has 28 heavy (non-hydrogen) atoms. The summed E-state index contributed by atoms with van der Waals surface area (Å²) in [6.07, 6.45) is 4.90. The molecule has 148 valence electrons. The zero-order valence-corrected chi connectivity index (χ0v) is 16.6. The van der Waals surface area contributed by atoms with Crippen molar-refractivity contribution in [2.24, 2.45) is 0 Å². The van der Waals surface area contributed by atoms with Crippen molar-refractivity contribution >= 4 is 11.0 Å². The summed E-state index contributed by atoms with van der Waals surface area (Å²) in [5.74, 6) is 2.90. The van der Waals surface area contributed by atoms with Crippen molar-refractivity contribution in [2.45, 2.75) is 38.8 Å². The fourth-order valence-corrected chi connectivity index (χ4v) is 3.90. The Labute approximate surface area is 166 Å². The lowest BCUT2D eigenvalue weighted by Crippen LogP contribution is -2.30. The molecule has 0 N–H and O–H groups in total. The summed E-state index contributed by atoms with van der Waals surface area (Å²) < 4.78 is 13.5. The second-order valence-electron chi connectivity index (χ2n) is 7.38. The van der Waals surface area contributed by atoms with Crippen LogP contribution in [0, 0.1) is 0 Å². The minimum Gasteiger partial charge on any atom is -0.497 e. The van der Waals surface area contributed by atoms with Crippen molar-refractivity contribution in [1.29, 1.82) is 0 Å². The van der Waals surface area contributed by atoms with E-state index in [4.69, 9.17) is 14.5 Å². The summed E-state index contributed by atoms with van der Waals surface area (Å²) in [5.41, 5.74) is 2.31. The van der Waals surface area contributed by atoms with Crippen LogP contribution in [0.15, 0.2) is 48.5 Å². The van der Waals surface area contributed by atoms with Gasteiger partial charge in [-0.3, -0.25) is 4.90 Å². The van der Waals surface area contributed by atoms with Crippen LogP contribution in [0.5, 0.6) is 11.5 Å². The number of ether oxygens (including phenoxy) is 2. The molecular formula is C23H29N3O2. The van der Waals surface area contributed by atoms with E-state index in [0.29, 0.717) is 6.61 Å². The van der Waals surface area contributed by atoms with Crippen molar-refractivity contribution < 1.29 is 9.47 Å². The Morgan fingerprint density at radius 3 is 2.46 bits per heavy atom. The van der Waals surface area contributed by atoms with E-state index in [2.05, 4.69) is 33.7 Å². The first-order chi connectivity index (χ1) is 13.8. The molecule has 1 fully saturated rings. The third-order valence-electron chi connectivity index (χ3n) is 5.40. The number of imidazole rings is 1. The average molecular weight is 380 g/mol. The molecule has 1 aliphatic rings. The average Bonchev–Trinajstić information content (AvgIpc) is 3.09. The highest BCUT2D eigenvalue weighted by Gasteiger charge is 2.16. The van der Waals surface area contributed by atoms with E-state index < -0.39 is 0 Å². The molecule has 4 rings (SSSR count). The van der Waals surface area contributed by atoms with E-state index in [0.717, 1.165) is 36.5 Å². The maximum Gasteiger partial charge on any atom is 0.124 e. The van der Waals surface area contributed by atoms with Gasteiger partial charge in [-0.1, -0.05) is 18.6 Å². The highest BCUT2D eigenvalue weighted by molar-refractivity contribution is 5.75. The predicted octanol–water partition coefficient (Wildman–Crippen LogP) is 4.50. The minimum atomic E-state index is 0.683. The Bertz CT molecular complexity index is 883. The first-order valence-corrected chi connectivity index (χ1v) is 10.3. The fraction of sp³-hybridized carbons (Fsp3) is 0.435. The number of piperidine rings is 1. The van der Waals surface area contributed by atoms with Gasteiger partial charge in [0.25, 0.3) is 0 Å². The highest BCUT2D eigenvalue weighted by Crippen LogP contribution is 2.20. The highest BCUT2D eigenvalue weighted by atomic mass is 16.5. The minimum absolute atomic E-state index is 0.683. The van der Waals surface area contributed by atoms with E-state index in [1.165, 1.54) is 43.7 Å². The SMILES string of the molecule is COc1ccc(OCCCn2c(CN3CCCCC3)nc3ccccc32)cc1. The quantitative estimate of drug-likeness (QED) is 0.540. The largest absolute Gasteiger partial charge is 0.497 e. The standard InChI is InChI=1S/C23H29N3O2/c1-27-19-10-12-20(13-11-19)28-17-7-16-26-22-9-4-3-8-21(22)24-23(26)18-25-14-5-2-6-15-25/h3-4,8-13H,2,5-7,14-18H2,1H3. The lowest BCUT2D eigenvalue weighted by molar-refractivity contribution is 0.212. The smallest absolute Gasteiger partial charge is 0.124 e. The van der Waals surface area contributed by atoms with E-state index in [-0.39, 0.29) is 0 Å². The van der Waals surface area contributed by atoms with Crippen molar-refractivity contribution in [3.05, 3.63) is 54.4 Å². The van der Waals surface area contributed by atoms with E-state index in [9.17, 15) is 0 Å². The topological polar surface area (TPSA) is 39.5 Å². The van der Waals surface area contributed by atoms with E-state index >= 15 is 0 Å². The fourth-order valence-electron chi connectivity index (χ4n) is 3.90. The third kappa shape index (κ3) is 4.47. The lowest BCUT2D eigenvalue weighted by Gasteiger charge is -2.26. The molecule has 5 nitrogen and oxygen atoms in total. The molecule has 2 heterocycles. The summed E-state index contributed by atoms with van der Waals surface area (Å²) in [6.45, 7) is 4.91. The Morgan fingerprint density at radius 2 is 1.68 bits per heavy atom. The van der Waals surface area contributed by atoms with Gasteiger partial charge in [0.15, 0.2) is 0 Å². The molecule has 0 unspecified atom stereocenters. The normalized spacial score (nSPS) is 15.0. The van der Waals surface area contributed by atoms with Crippen LogP contribution in [0.25, 0.3) is 11.0 Å². The summed E-state index contributed by atoms with van der Waals surface area (Å²) >= 11 is 0. The summed E-state index contributed by atoms with van der Waals surface area (Å²) in [4.78, 5) is 7.47. The molecule has 0 spiro atoms. The number of hydrogen-bond acceptors (Lipinski definition) is 4. The van der Waals surface area contributed by atoms with E-state index in [1.807, 2.05) is 24.3 Å². The number of para-hydroxylation sites is 2. The molecule has 0 radical (unpaired) electrons. The lowest BCUT2D eigenvalue weighted by atomic mass is 10.1. The molecule has 0 saturated carbocycles. The first kappa shape index (κ1) is 18.8. The zero-order chi connectivity index (χ0) is 19.2. The number of benzene rings is 2.